The van der Waals surface area contributed by atoms with E-state index in [1.807, 2.05) is 42.5 Å². The highest BCUT2D eigenvalue weighted by atomic mass is 16.1. The molecule has 1 N–H and O–H groups in total. The highest BCUT2D eigenvalue weighted by Gasteiger charge is 2.13. The topological polar surface area (TPSA) is 51.1 Å². The summed E-state index contributed by atoms with van der Waals surface area (Å²) in [6.07, 6.45) is 0. The summed E-state index contributed by atoms with van der Waals surface area (Å²) in [6, 6.07) is 30.2. The van der Waals surface area contributed by atoms with Crippen LogP contribution in [0.25, 0.3) is 21.8 Å². The zero-order valence-electron chi connectivity index (χ0n) is 17.7. The van der Waals surface area contributed by atoms with E-state index in [9.17, 15) is 9.59 Å². The molecule has 0 aliphatic rings. The molecule has 0 saturated heterocycles. The van der Waals surface area contributed by atoms with Crippen molar-refractivity contribution in [2.45, 2.75) is 13.5 Å². The molecule has 0 aliphatic carbocycles. The predicted molar refractivity (Wildman–Crippen MR) is 129 cm³/mol. The molecule has 0 radical (unpaired) electrons. The normalized spacial score (nSPS) is 11.0. The summed E-state index contributed by atoms with van der Waals surface area (Å²) in [7, 11) is 0. The lowest BCUT2D eigenvalue weighted by atomic mass is 10.0. The van der Waals surface area contributed by atoms with Crippen LogP contribution in [0.2, 0.25) is 0 Å². The van der Waals surface area contributed by atoms with Crippen molar-refractivity contribution in [1.29, 1.82) is 0 Å². The number of aromatic nitrogens is 1. The summed E-state index contributed by atoms with van der Waals surface area (Å²) in [4.78, 5) is 25.4. The number of carbonyl (C=O) groups is 2. The van der Waals surface area contributed by atoms with Gasteiger partial charge in [-0.2, -0.15) is 0 Å². The molecule has 4 heteroatoms. The number of nitrogens with zero attached hydrogens (tertiary/aromatic N) is 1. The number of anilines is 1. The van der Waals surface area contributed by atoms with E-state index >= 15 is 0 Å². The number of ketones is 1. The van der Waals surface area contributed by atoms with Crippen molar-refractivity contribution >= 4 is 39.2 Å². The lowest BCUT2D eigenvalue weighted by molar-refractivity contribution is 0.102. The minimum absolute atomic E-state index is 0.0599. The number of rotatable bonds is 5. The number of aryl methyl sites for hydroxylation is 1. The van der Waals surface area contributed by atoms with E-state index in [1.54, 1.807) is 36.4 Å². The minimum atomic E-state index is -0.206. The Morgan fingerprint density at radius 2 is 1.31 bits per heavy atom. The van der Waals surface area contributed by atoms with Gasteiger partial charge in [0.05, 0.1) is 0 Å². The Morgan fingerprint density at radius 1 is 0.688 bits per heavy atom. The first-order chi connectivity index (χ1) is 15.7. The maximum Gasteiger partial charge on any atom is 0.255 e. The first-order valence-electron chi connectivity index (χ1n) is 10.7. The van der Waals surface area contributed by atoms with Gasteiger partial charge in [0.25, 0.3) is 5.91 Å². The second kappa shape index (κ2) is 8.16. The van der Waals surface area contributed by atoms with Gasteiger partial charge in [-0.3, -0.25) is 9.59 Å². The Bertz CT molecular complexity index is 1450. The molecule has 0 spiro atoms. The molecule has 0 unspecified atom stereocenters. The molecular formula is C28H22N2O2. The Morgan fingerprint density at radius 3 is 2.06 bits per heavy atom. The zero-order chi connectivity index (χ0) is 22.1. The molecule has 1 amide bonds. The third kappa shape index (κ3) is 3.46. The van der Waals surface area contributed by atoms with Crippen LogP contribution in [-0.4, -0.2) is 16.3 Å². The Labute approximate surface area is 186 Å². The number of amides is 1. The Kier molecular flexibility index (Phi) is 5.04. The molecule has 1 aromatic heterocycles. The lowest BCUT2D eigenvalue weighted by Crippen LogP contribution is -2.12. The van der Waals surface area contributed by atoms with E-state index in [0.29, 0.717) is 16.7 Å². The third-order valence-corrected chi connectivity index (χ3v) is 5.79. The van der Waals surface area contributed by atoms with Crippen LogP contribution >= 0.6 is 0 Å². The molecule has 5 aromatic rings. The fraction of sp³-hybridized carbons (Fsp3) is 0.0714. The van der Waals surface area contributed by atoms with E-state index in [2.05, 4.69) is 35.0 Å². The molecular weight excluding hydrogens is 396 g/mol. The molecule has 0 bridgehead atoms. The van der Waals surface area contributed by atoms with Gasteiger partial charge in [0.2, 0.25) is 0 Å². The van der Waals surface area contributed by atoms with E-state index in [1.165, 1.54) is 10.9 Å². The van der Waals surface area contributed by atoms with Gasteiger partial charge in [0.15, 0.2) is 5.78 Å². The highest BCUT2D eigenvalue weighted by Crippen LogP contribution is 2.31. The summed E-state index contributed by atoms with van der Waals surface area (Å²) in [5.41, 5.74) is 4.77. The van der Waals surface area contributed by atoms with Gasteiger partial charge in [0.1, 0.15) is 0 Å². The number of carbonyl (C=O) groups excluding carboxylic acids is 2. The van der Waals surface area contributed by atoms with Gasteiger partial charge in [-0.1, -0.05) is 60.7 Å². The maximum absolute atomic E-state index is 12.8. The Hall–Kier alpha value is -4.18. The van der Waals surface area contributed by atoms with E-state index in [4.69, 9.17) is 0 Å². The highest BCUT2D eigenvalue weighted by molar-refractivity contribution is 6.12. The van der Waals surface area contributed by atoms with Gasteiger partial charge >= 0.3 is 0 Å². The van der Waals surface area contributed by atoms with Crippen molar-refractivity contribution in [3.8, 4) is 0 Å². The van der Waals surface area contributed by atoms with Gasteiger partial charge in [-0.05, 0) is 43.3 Å². The average Bonchev–Trinajstić information content (AvgIpc) is 3.17. The van der Waals surface area contributed by atoms with Crippen molar-refractivity contribution in [1.82, 2.24) is 4.57 Å². The first-order valence-corrected chi connectivity index (χ1v) is 10.7. The van der Waals surface area contributed by atoms with Crippen molar-refractivity contribution in [2.75, 3.05) is 5.32 Å². The monoisotopic (exact) mass is 418 g/mol. The molecule has 156 valence electrons. The number of para-hydroxylation sites is 1. The number of fused-ring (bicyclic) bond motifs is 3. The zero-order valence-corrected chi connectivity index (χ0v) is 17.7. The van der Waals surface area contributed by atoms with Crippen LogP contribution in [0.15, 0.2) is 97.1 Å². The first kappa shape index (κ1) is 19.8. The van der Waals surface area contributed by atoms with Crippen molar-refractivity contribution in [3.63, 3.8) is 0 Å². The second-order valence-electron chi connectivity index (χ2n) is 7.72. The number of nitrogens with one attached hydrogen (secondary N) is 1. The van der Waals surface area contributed by atoms with Crippen LogP contribution in [0, 0.1) is 0 Å². The number of hydrogen-bond acceptors (Lipinski definition) is 2. The van der Waals surface area contributed by atoms with Gasteiger partial charge < -0.3 is 9.88 Å². The van der Waals surface area contributed by atoms with Crippen LogP contribution in [0.1, 0.15) is 33.2 Å². The van der Waals surface area contributed by atoms with Crippen molar-refractivity contribution in [3.05, 3.63) is 114 Å². The summed E-state index contributed by atoms with van der Waals surface area (Å²) in [5, 5.41) is 5.28. The molecule has 0 aliphatic heterocycles. The predicted octanol–water partition coefficient (Wildman–Crippen LogP) is 6.30. The van der Waals surface area contributed by atoms with E-state index < -0.39 is 0 Å². The number of benzene rings is 4. The quantitative estimate of drug-likeness (QED) is 0.341. The molecule has 5 rings (SSSR count). The fourth-order valence-electron chi connectivity index (χ4n) is 4.20. The summed E-state index contributed by atoms with van der Waals surface area (Å²) >= 11 is 0. The maximum atomic E-state index is 12.8. The van der Waals surface area contributed by atoms with Gasteiger partial charge in [-0.15, -0.1) is 0 Å². The molecule has 4 aromatic carbocycles. The standard InChI is InChI=1S/C28H22N2O2/c1-2-30-25-11-7-6-10-23(25)24-18-22(16-17-26(24)30)29-28(32)21-14-12-20(13-15-21)27(31)19-8-4-3-5-9-19/h3-18H,2H2,1H3,(H,29,32). The van der Waals surface area contributed by atoms with E-state index in [0.717, 1.165) is 23.1 Å². The molecule has 4 nitrogen and oxygen atoms in total. The summed E-state index contributed by atoms with van der Waals surface area (Å²) in [5.74, 6) is -0.266. The van der Waals surface area contributed by atoms with Crippen molar-refractivity contribution < 1.29 is 9.59 Å². The molecule has 1 heterocycles. The molecule has 0 atom stereocenters. The van der Waals surface area contributed by atoms with Crippen LogP contribution in [0.5, 0.6) is 0 Å². The van der Waals surface area contributed by atoms with E-state index in [-0.39, 0.29) is 11.7 Å². The van der Waals surface area contributed by atoms with Crippen molar-refractivity contribution in [2.24, 2.45) is 0 Å². The van der Waals surface area contributed by atoms with Crippen LogP contribution in [0.3, 0.4) is 0 Å². The third-order valence-electron chi connectivity index (χ3n) is 5.79. The lowest BCUT2D eigenvalue weighted by Gasteiger charge is -2.08. The average molecular weight is 418 g/mol. The van der Waals surface area contributed by atoms with Gasteiger partial charge in [-0.25, -0.2) is 0 Å². The van der Waals surface area contributed by atoms with Crippen LogP contribution in [-0.2, 0) is 6.54 Å². The molecule has 0 saturated carbocycles. The smallest absolute Gasteiger partial charge is 0.255 e. The number of hydrogen-bond donors (Lipinski definition) is 1. The van der Waals surface area contributed by atoms with Crippen LogP contribution in [0.4, 0.5) is 5.69 Å². The Balaban J connectivity index is 1.40. The SMILES string of the molecule is CCn1c2ccccc2c2cc(NC(=O)c3ccc(C(=O)c4ccccc4)cc3)ccc21. The van der Waals surface area contributed by atoms with Crippen LogP contribution < -0.4 is 5.32 Å². The largest absolute Gasteiger partial charge is 0.341 e. The second-order valence-corrected chi connectivity index (χ2v) is 7.72. The van der Waals surface area contributed by atoms with Gasteiger partial charge in [0, 0.05) is 50.7 Å². The summed E-state index contributed by atoms with van der Waals surface area (Å²) < 4.78 is 2.28. The molecule has 32 heavy (non-hydrogen) atoms. The molecule has 0 fully saturated rings. The minimum Gasteiger partial charge on any atom is -0.341 e. The fourth-order valence-corrected chi connectivity index (χ4v) is 4.20. The summed E-state index contributed by atoms with van der Waals surface area (Å²) in [6.45, 7) is 3.01.